The summed E-state index contributed by atoms with van der Waals surface area (Å²) in [6.07, 6.45) is 0. The van der Waals surface area contributed by atoms with Crippen molar-refractivity contribution in [2.45, 2.75) is 6.61 Å². The molecule has 0 saturated heterocycles. The summed E-state index contributed by atoms with van der Waals surface area (Å²) in [5.41, 5.74) is 1.23. The smallest absolute Gasteiger partial charge is 0.325 e. The number of nitro benzene ring substituents is 1. The fraction of sp³-hybridized carbons (Fsp3) is 0.235. The molecular formula is C17H17N3O4. The van der Waals surface area contributed by atoms with Crippen LogP contribution in [0.4, 0.5) is 5.69 Å². The molecule has 0 aromatic heterocycles. The van der Waals surface area contributed by atoms with Gasteiger partial charge in [0.15, 0.2) is 5.75 Å². The molecule has 0 atom stereocenters. The number of ether oxygens (including phenoxy) is 2. The largest absolute Gasteiger partial charge is 0.488 e. The zero-order valence-electron chi connectivity index (χ0n) is 13.2. The van der Waals surface area contributed by atoms with Crippen molar-refractivity contribution in [1.29, 1.82) is 0 Å². The third-order valence-electron chi connectivity index (χ3n) is 3.65. The van der Waals surface area contributed by atoms with Crippen LogP contribution in [0.5, 0.6) is 11.5 Å². The molecule has 1 aliphatic heterocycles. The van der Waals surface area contributed by atoms with Gasteiger partial charge in [0, 0.05) is 6.54 Å². The molecule has 0 fully saturated rings. The van der Waals surface area contributed by atoms with E-state index >= 15 is 0 Å². The van der Waals surface area contributed by atoms with Gasteiger partial charge in [0.05, 0.1) is 24.1 Å². The van der Waals surface area contributed by atoms with E-state index in [2.05, 4.69) is 10.3 Å². The van der Waals surface area contributed by atoms with Crippen molar-refractivity contribution >= 4 is 11.5 Å². The molecule has 0 spiro atoms. The standard InChI is InChI=1S/C17H17N3O4/c1-23-16-14(24-11-12-5-3-2-4-6-12)8-7-13(15(16)20(21)22)17-18-9-10-19-17/h2-8H,9-11H2,1H3,(H,18,19). The maximum Gasteiger partial charge on any atom is 0.325 e. The Morgan fingerprint density at radius 1 is 1.25 bits per heavy atom. The second kappa shape index (κ2) is 6.99. The van der Waals surface area contributed by atoms with E-state index in [1.165, 1.54) is 7.11 Å². The van der Waals surface area contributed by atoms with Crippen LogP contribution in [0.25, 0.3) is 0 Å². The maximum absolute atomic E-state index is 11.6. The summed E-state index contributed by atoms with van der Waals surface area (Å²) in [5, 5.41) is 14.6. The average Bonchev–Trinajstić information content (AvgIpc) is 3.14. The first kappa shape index (κ1) is 15.8. The minimum atomic E-state index is -0.466. The molecule has 0 saturated carbocycles. The van der Waals surface area contributed by atoms with Gasteiger partial charge in [0.25, 0.3) is 0 Å². The lowest BCUT2D eigenvalue weighted by Crippen LogP contribution is -2.21. The third kappa shape index (κ3) is 3.15. The second-order valence-electron chi connectivity index (χ2n) is 5.18. The Morgan fingerprint density at radius 3 is 2.67 bits per heavy atom. The Hall–Kier alpha value is -3.09. The van der Waals surface area contributed by atoms with Crippen molar-refractivity contribution in [2.75, 3.05) is 20.2 Å². The lowest BCUT2D eigenvalue weighted by Gasteiger charge is -2.13. The van der Waals surface area contributed by atoms with Crippen molar-refractivity contribution in [3.8, 4) is 11.5 Å². The fourth-order valence-corrected chi connectivity index (χ4v) is 2.55. The highest BCUT2D eigenvalue weighted by atomic mass is 16.6. The number of rotatable bonds is 6. The molecule has 1 heterocycles. The van der Waals surface area contributed by atoms with Crippen molar-refractivity contribution in [1.82, 2.24) is 5.32 Å². The number of nitro groups is 1. The fourth-order valence-electron chi connectivity index (χ4n) is 2.55. The monoisotopic (exact) mass is 327 g/mol. The molecule has 0 bridgehead atoms. The number of aliphatic imine (C=N–C) groups is 1. The second-order valence-corrected chi connectivity index (χ2v) is 5.18. The maximum atomic E-state index is 11.6. The molecule has 24 heavy (non-hydrogen) atoms. The number of nitrogens with zero attached hydrogens (tertiary/aromatic N) is 2. The summed E-state index contributed by atoms with van der Waals surface area (Å²) >= 11 is 0. The van der Waals surface area contributed by atoms with Crippen LogP contribution < -0.4 is 14.8 Å². The molecular weight excluding hydrogens is 310 g/mol. The molecule has 124 valence electrons. The van der Waals surface area contributed by atoms with Crippen molar-refractivity contribution in [3.05, 3.63) is 63.7 Å². The van der Waals surface area contributed by atoms with E-state index in [1.54, 1.807) is 12.1 Å². The zero-order chi connectivity index (χ0) is 16.9. The molecule has 0 unspecified atom stereocenters. The zero-order valence-corrected chi connectivity index (χ0v) is 13.2. The average molecular weight is 327 g/mol. The summed E-state index contributed by atoms with van der Waals surface area (Å²) in [4.78, 5) is 15.4. The van der Waals surface area contributed by atoms with E-state index in [9.17, 15) is 10.1 Å². The van der Waals surface area contributed by atoms with Crippen LogP contribution in [-0.2, 0) is 6.61 Å². The minimum absolute atomic E-state index is 0.102. The van der Waals surface area contributed by atoms with Gasteiger partial charge in [-0.3, -0.25) is 15.1 Å². The number of methoxy groups -OCH3 is 1. The summed E-state index contributed by atoms with van der Waals surface area (Å²) < 4.78 is 11.0. The first-order chi connectivity index (χ1) is 11.7. The van der Waals surface area contributed by atoms with Gasteiger partial charge in [-0.25, -0.2) is 0 Å². The summed E-state index contributed by atoms with van der Waals surface area (Å²) in [6.45, 7) is 1.56. The Bertz CT molecular complexity index is 775. The van der Waals surface area contributed by atoms with E-state index in [0.717, 1.165) is 5.56 Å². The number of nitrogens with one attached hydrogen (secondary N) is 1. The minimum Gasteiger partial charge on any atom is -0.488 e. The summed E-state index contributed by atoms with van der Waals surface area (Å²) in [5.74, 6) is 0.940. The quantitative estimate of drug-likeness (QED) is 0.651. The van der Waals surface area contributed by atoms with Crippen molar-refractivity contribution in [3.63, 3.8) is 0 Å². The Labute approximate surface area is 139 Å². The van der Waals surface area contributed by atoms with Gasteiger partial charge in [-0.2, -0.15) is 0 Å². The van der Waals surface area contributed by atoms with E-state index in [-0.39, 0.29) is 11.4 Å². The van der Waals surface area contributed by atoms with Gasteiger partial charge < -0.3 is 14.8 Å². The van der Waals surface area contributed by atoms with Gasteiger partial charge in [-0.15, -0.1) is 0 Å². The van der Waals surface area contributed by atoms with Crippen molar-refractivity contribution in [2.24, 2.45) is 4.99 Å². The van der Waals surface area contributed by atoms with Gasteiger partial charge >= 0.3 is 5.69 Å². The molecule has 0 aliphatic carbocycles. The van der Waals surface area contributed by atoms with Gasteiger partial charge in [0.1, 0.15) is 12.4 Å². The number of amidine groups is 1. The first-order valence-electron chi connectivity index (χ1n) is 7.51. The SMILES string of the molecule is COc1c(OCc2ccccc2)ccc(C2=NCCN2)c1[N+](=O)[O-]. The van der Waals surface area contributed by atoms with Crippen molar-refractivity contribution < 1.29 is 14.4 Å². The normalized spacial score (nSPS) is 13.1. The highest BCUT2D eigenvalue weighted by Gasteiger charge is 2.28. The number of benzene rings is 2. The van der Waals surface area contributed by atoms with Gasteiger partial charge in [-0.05, 0) is 17.7 Å². The van der Waals surface area contributed by atoms with E-state index in [1.807, 2.05) is 30.3 Å². The number of hydrogen-bond acceptors (Lipinski definition) is 6. The van der Waals surface area contributed by atoms with Gasteiger partial charge in [0.2, 0.25) is 5.75 Å². The lowest BCUT2D eigenvalue weighted by molar-refractivity contribution is -0.386. The molecule has 7 heteroatoms. The van der Waals surface area contributed by atoms with Crippen LogP contribution in [0.3, 0.4) is 0 Å². The van der Waals surface area contributed by atoms with Crippen LogP contribution in [0.2, 0.25) is 0 Å². The van der Waals surface area contributed by atoms with Crippen LogP contribution >= 0.6 is 0 Å². The highest BCUT2D eigenvalue weighted by molar-refractivity contribution is 6.04. The highest BCUT2D eigenvalue weighted by Crippen LogP contribution is 2.40. The van der Waals surface area contributed by atoms with Crippen LogP contribution in [0.15, 0.2) is 47.5 Å². The van der Waals surface area contributed by atoms with Gasteiger partial charge in [-0.1, -0.05) is 30.3 Å². The molecule has 7 nitrogen and oxygen atoms in total. The molecule has 2 aromatic carbocycles. The predicted molar refractivity (Wildman–Crippen MR) is 89.8 cm³/mol. The first-order valence-corrected chi connectivity index (χ1v) is 7.51. The number of hydrogen-bond donors (Lipinski definition) is 1. The lowest BCUT2D eigenvalue weighted by atomic mass is 10.1. The predicted octanol–water partition coefficient (Wildman–Crippen LogP) is 2.53. The molecule has 0 amide bonds. The molecule has 2 aromatic rings. The molecule has 0 radical (unpaired) electrons. The van der Waals surface area contributed by atoms with E-state index in [4.69, 9.17) is 9.47 Å². The summed E-state index contributed by atoms with van der Waals surface area (Å²) in [6, 6.07) is 12.9. The molecule has 1 N–H and O–H groups in total. The van der Waals surface area contributed by atoms with Crippen LogP contribution in [0.1, 0.15) is 11.1 Å². The van der Waals surface area contributed by atoms with Crippen LogP contribution in [0, 0.1) is 10.1 Å². The third-order valence-corrected chi connectivity index (χ3v) is 3.65. The molecule has 3 rings (SSSR count). The Kier molecular flexibility index (Phi) is 4.60. The van der Waals surface area contributed by atoms with Crippen LogP contribution in [-0.4, -0.2) is 31.0 Å². The Balaban J connectivity index is 1.95. The van der Waals surface area contributed by atoms with E-state index < -0.39 is 4.92 Å². The summed E-state index contributed by atoms with van der Waals surface area (Å²) in [7, 11) is 1.39. The van der Waals surface area contributed by atoms with E-state index in [0.29, 0.717) is 36.8 Å². The Morgan fingerprint density at radius 2 is 2.04 bits per heavy atom. The molecule has 1 aliphatic rings. The topological polar surface area (TPSA) is 86.0 Å².